The summed E-state index contributed by atoms with van der Waals surface area (Å²) in [7, 11) is 0. The topological polar surface area (TPSA) is 37.3 Å². The van der Waals surface area contributed by atoms with Crippen molar-refractivity contribution < 1.29 is 9.90 Å². The fourth-order valence-electron chi connectivity index (χ4n) is 5.78. The maximum Gasteiger partial charge on any atom is 0.330 e. The molecule has 0 heterocycles. The van der Waals surface area contributed by atoms with E-state index in [-0.39, 0.29) is 0 Å². The summed E-state index contributed by atoms with van der Waals surface area (Å²) in [6.45, 7) is 3.92. The van der Waals surface area contributed by atoms with Crippen LogP contribution in [0.15, 0.2) is 11.6 Å². The molecule has 2 heteroatoms. The number of carbonyl (C=O) groups is 1. The van der Waals surface area contributed by atoms with Gasteiger partial charge in [-0.2, -0.15) is 0 Å². The van der Waals surface area contributed by atoms with Gasteiger partial charge in [0.15, 0.2) is 0 Å². The SMILES string of the molecule is CC(=CC(C)CC12CC3CC(CC(C3)C1)C2)C(=O)O. The number of carboxylic acids is 1. The second-order valence-electron chi connectivity index (χ2n) is 7.75. The van der Waals surface area contributed by atoms with Gasteiger partial charge >= 0.3 is 5.97 Å². The predicted molar refractivity (Wildman–Crippen MR) is 75.8 cm³/mol. The van der Waals surface area contributed by atoms with E-state index in [4.69, 9.17) is 5.11 Å². The Balaban J connectivity index is 1.69. The van der Waals surface area contributed by atoms with Crippen LogP contribution in [0, 0.1) is 29.1 Å². The summed E-state index contributed by atoms with van der Waals surface area (Å²) in [5.74, 6) is 2.61. The van der Waals surface area contributed by atoms with Crippen molar-refractivity contribution in [3.05, 3.63) is 11.6 Å². The molecule has 0 spiro atoms. The minimum absolute atomic E-state index is 0.410. The van der Waals surface area contributed by atoms with E-state index < -0.39 is 5.97 Å². The lowest BCUT2D eigenvalue weighted by Crippen LogP contribution is -2.46. The van der Waals surface area contributed by atoms with Gasteiger partial charge in [-0.1, -0.05) is 13.0 Å². The Hall–Kier alpha value is -0.790. The number of hydrogen-bond acceptors (Lipinski definition) is 1. The van der Waals surface area contributed by atoms with Gasteiger partial charge in [-0.25, -0.2) is 4.79 Å². The van der Waals surface area contributed by atoms with Gasteiger partial charge in [-0.3, -0.25) is 0 Å². The molecule has 106 valence electrons. The molecule has 1 unspecified atom stereocenters. The summed E-state index contributed by atoms with van der Waals surface area (Å²) in [4.78, 5) is 10.9. The highest BCUT2D eigenvalue weighted by Gasteiger charge is 2.50. The van der Waals surface area contributed by atoms with Crippen molar-refractivity contribution in [1.29, 1.82) is 0 Å². The molecule has 4 bridgehead atoms. The summed E-state index contributed by atoms with van der Waals surface area (Å²) >= 11 is 0. The Kier molecular flexibility index (Phi) is 3.23. The number of carboxylic acid groups (broad SMARTS) is 1. The summed E-state index contributed by atoms with van der Waals surface area (Å²) in [5, 5.41) is 8.99. The average molecular weight is 262 g/mol. The van der Waals surface area contributed by atoms with Crippen molar-refractivity contribution >= 4 is 5.97 Å². The monoisotopic (exact) mass is 262 g/mol. The number of rotatable bonds is 4. The Morgan fingerprint density at radius 1 is 1.21 bits per heavy atom. The zero-order valence-electron chi connectivity index (χ0n) is 12.2. The molecule has 4 rings (SSSR count). The third-order valence-electron chi connectivity index (χ3n) is 5.79. The van der Waals surface area contributed by atoms with Crippen LogP contribution in [0.25, 0.3) is 0 Å². The van der Waals surface area contributed by atoms with Gasteiger partial charge in [-0.15, -0.1) is 0 Å². The van der Waals surface area contributed by atoms with E-state index in [0.717, 1.165) is 17.8 Å². The predicted octanol–water partition coefficient (Wildman–Crippen LogP) is 4.26. The van der Waals surface area contributed by atoms with Crippen LogP contribution >= 0.6 is 0 Å². The zero-order chi connectivity index (χ0) is 13.6. The maximum absolute atomic E-state index is 10.9. The van der Waals surface area contributed by atoms with Crippen molar-refractivity contribution in [2.45, 2.75) is 58.8 Å². The zero-order valence-corrected chi connectivity index (χ0v) is 12.2. The molecule has 0 aromatic heterocycles. The van der Waals surface area contributed by atoms with Gasteiger partial charge in [0, 0.05) is 5.57 Å². The van der Waals surface area contributed by atoms with Crippen LogP contribution in [0.4, 0.5) is 0 Å². The lowest BCUT2D eigenvalue weighted by molar-refractivity contribution is -0.132. The Morgan fingerprint density at radius 3 is 2.11 bits per heavy atom. The molecule has 0 amide bonds. The van der Waals surface area contributed by atoms with Crippen molar-refractivity contribution in [3.63, 3.8) is 0 Å². The van der Waals surface area contributed by atoms with Crippen LogP contribution in [0.3, 0.4) is 0 Å². The van der Waals surface area contributed by atoms with Crippen molar-refractivity contribution in [3.8, 4) is 0 Å². The van der Waals surface area contributed by atoms with Crippen molar-refractivity contribution in [2.24, 2.45) is 29.1 Å². The molecular formula is C17H26O2. The Bertz CT molecular complexity index is 372. The highest BCUT2D eigenvalue weighted by molar-refractivity contribution is 5.85. The molecule has 0 radical (unpaired) electrons. The van der Waals surface area contributed by atoms with Crippen molar-refractivity contribution in [2.75, 3.05) is 0 Å². The molecule has 1 N–H and O–H groups in total. The normalized spacial score (nSPS) is 42.4. The van der Waals surface area contributed by atoms with Gasteiger partial charge in [0.05, 0.1) is 0 Å². The molecule has 0 aromatic rings. The summed E-state index contributed by atoms with van der Waals surface area (Å²) in [6.07, 6.45) is 11.9. The van der Waals surface area contributed by atoms with Crippen LogP contribution in [0.5, 0.6) is 0 Å². The molecular weight excluding hydrogens is 236 g/mol. The van der Waals surface area contributed by atoms with Gasteiger partial charge in [0.25, 0.3) is 0 Å². The highest BCUT2D eigenvalue weighted by atomic mass is 16.4. The van der Waals surface area contributed by atoms with E-state index in [0.29, 0.717) is 16.9 Å². The third-order valence-corrected chi connectivity index (χ3v) is 5.79. The molecule has 0 saturated heterocycles. The fourth-order valence-corrected chi connectivity index (χ4v) is 5.78. The van der Waals surface area contributed by atoms with E-state index in [9.17, 15) is 4.79 Å². The molecule has 2 nitrogen and oxygen atoms in total. The van der Waals surface area contributed by atoms with E-state index in [1.165, 1.54) is 44.9 Å². The first-order valence-corrected chi connectivity index (χ1v) is 7.87. The molecule has 4 saturated carbocycles. The van der Waals surface area contributed by atoms with E-state index >= 15 is 0 Å². The summed E-state index contributed by atoms with van der Waals surface area (Å²) in [6, 6.07) is 0. The lowest BCUT2D eigenvalue weighted by Gasteiger charge is -2.57. The second-order valence-corrected chi connectivity index (χ2v) is 7.75. The van der Waals surface area contributed by atoms with Crippen LogP contribution < -0.4 is 0 Å². The van der Waals surface area contributed by atoms with Gasteiger partial charge < -0.3 is 5.11 Å². The van der Waals surface area contributed by atoms with Gasteiger partial charge in [0.2, 0.25) is 0 Å². The number of aliphatic carboxylic acids is 1. The number of hydrogen-bond donors (Lipinski definition) is 1. The smallest absolute Gasteiger partial charge is 0.330 e. The lowest BCUT2D eigenvalue weighted by atomic mass is 9.48. The first kappa shape index (κ1) is 13.2. The van der Waals surface area contributed by atoms with Crippen LogP contribution in [-0.2, 0) is 4.79 Å². The molecule has 4 aliphatic carbocycles. The fraction of sp³-hybridized carbons (Fsp3) is 0.824. The van der Waals surface area contributed by atoms with Crippen molar-refractivity contribution in [1.82, 2.24) is 0 Å². The third kappa shape index (κ3) is 2.59. The molecule has 0 aromatic carbocycles. The van der Waals surface area contributed by atoms with Gasteiger partial charge in [-0.05, 0) is 81.0 Å². The minimum Gasteiger partial charge on any atom is -0.478 e. The largest absolute Gasteiger partial charge is 0.478 e. The standard InChI is InChI=1S/C17H26O2/c1-11(3-12(2)16(18)19)7-17-8-13-4-14(9-17)6-15(5-13)10-17/h3,11,13-15H,4-10H2,1-2H3,(H,18,19). The quantitative estimate of drug-likeness (QED) is 0.769. The summed E-state index contributed by atoms with van der Waals surface area (Å²) in [5.41, 5.74) is 1.07. The molecule has 4 fully saturated rings. The molecule has 4 aliphatic rings. The van der Waals surface area contributed by atoms with E-state index in [2.05, 4.69) is 6.92 Å². The number of allylic oxidation sites excluding steroid dienone is 1. The van der Waals surface area contributed by atoms with Crippen LogP contribution in [0.1, 0.15) is 58.8 Å². The molecule has 1 atom stereocenters. The van der Waals surface area contributed by atoms with E-state index in [1.54, 1.807) is 6.92 Å². The summed E-state index contributed by atoms with van der Waals surface area (Å²) < 4.78 is 0. The molecule has 0 aliphatic heterocycles. The second kappa shape index (κ2) is 4.64. The molecule has 19 heavy (non-hydrogen) atoms. The average Bonchev–Trinajstić information content (AvgIpc) is 2.25. The highest BCUT2D eigenvalue weighted by Crippen LogP contribution is 2.62. The van der Waals surface area contributed by atoms with Gasteiger partial charge in [0.1, 0.15) is 0 Å². The first-order chi connectivity index (χ1) is 8.96. The maximum atomic E-state index is 10.9. The van der Waals surface area contributed by atoms with Crippen LogP contribution in [0.2, 0.25) is 0 Å². The minimum atomic E-state index is -0.766. The Labute approximate surface area is 116 Å². The van der Waals surface area contributed by atoms with E-state index in [1.807, 2.05) is 6.08 Å². The first-order valence-electron chi connectivity index (χ1n) is 7.87. The Morgan fingerprint density at radius 2 is 1.68 bits per heavy atom. The van der Waals surface area contributed by atoms with Crippen LogP contribution in [-0.4, -0.2) is 11.1 Å².